The predicted molar refractivity (Wildman–Crippen MR) is 93.8 cm³/mol. The lowest BCUT2D eigenvalue weighted by Gasteiger charge is -2.30. The van der Waals surface area contributed by atoms with Crippen LogP contribution in [0.4, 0.5) is 0 Å². The van der Waals surface area contributed by atoms with Gasteiger partial charge in [-0.1, -0.05) is 17.7 Å². The number of esters is 1. The van der Waals surface area contributed by atoms with Crippen molar-refractivity contribution in [3.63, 3.8) is 0 Å². The van der Waals surface area contributed by atoms with Gasteiger partial charge in [-0.15, -0.1) is 0 Å². The Bertz CT molecular complexity index is 766. The van der Waals surface area contributed by atoms with E-state index in [1.807, 2.05) is 12.1 Å². The summed E-state index contributed by atoms with van der Waals surface area (Å²) in [6.07, 6.45) is 4.52. The summed E-state index contributed by atoms with van der Waals surface area (Å²) in [7, 11) is 0. The molecule has 1 aliphatic heterocycles. The van der Waals surface area contributed by atoms with Gasteiger partial charge in [0.15, 0.2) is 0 Å². The highest BCUT2D eigenvalue weighted by Gasteiger charge is 2.29. The average molecular weight is 362 g/mol. The Labute approximate surface area is 151 Å². The maximum atomic E-state index is 12.6. The van der Waals surface area contributed by atoms with Gasteiger partial charge in [0, 0.05) is 24.3 Å². The number of hydrogen-bond acceptors (Lipinski definition) is 4. The number of amides is 1. The van der Waals surface area contributed by atoms with Crippen molar-refractivity contribution in [1.29, 1.82) is 0 Å². The summed E-state index contributed by atoms with van der Waals surface area (Å²) in [5, 5.41) is 4.86. The lowest BCUT2D eigenvalue weighted by Crippen LogP contribution is -2.40. The third kappa shape index (κ3) is 4.02. The van der Waals surface area contributed by atoms with E-state index < -0.39 is 0 Å². The van der Waals surface area contributed by atoms with E-state index >= 15 is 0 Å². The van der Waals surface area contributed by atoms with E-state index in [1.165, 1.54) is 0 Å². The molecule has 0 unspecified atom stereocenters. The van der Waals surface area contributed by atoms with E-state index in [4.69, 9.17) is 16.3 Å². The fraction of sp³-hybridized carbons (Fsp3) is 0.389. The second kappa shape index (κ2) is 7.70. The number of ether oxygens (including phenoxy) is 1. The van der Waals surface area contributed by atoms with Crippen LogP contribution >= 0.6 is 11.6 Å². The van der Waals surface area contributed by atoms with Crippen LogP contribution in [0.15, 0.2) is 36.7 Å². The Hall–Kier alpha value is -2.34. The van der Waals surface area contributed by atoms with Crippen LogP contribution in [0.3, 0.4) is 0 Å². The first-order chi connectivity index (χ1) is 12.1. The molecule has 0 radical (unpaired) electrons. The molecule has 1 aromatic heterocycles. The standard InChI is InChI=1S/C18H20ClN3O3/c1-2-25-18(24)13-6-8-21(9-7-13)17(23)14-11-20-22(12-14)16-5-3-4-15(19)10-16/h3-5,10-13H,2,6-9H2,1H3. The Balaban J connectivity index is 1.64. The van der Waals surface area contributed by atoms with Gasteiger partial charge in [-0.2, -0.15) is 5.10 Å². The zero-order chi connectivity index (χ0) is 17.8. The Kier molecular flexibility index (Phi) is 5.38. The number of carbonyl (C=O) groups excluding carboxylic acids is 2. The van der Waals surface area contributed by atoms with Crippen molar-refractivity contribution in [3.05, 3.63) is 47.2 Å². The van der Waals surface area contributed by atoms with Crippen molar-refractivity contribution < 1.29 is 14.3 Å². The van der Waals surface area contributed by atoms with Gasteiger partial charge in [0.05, 0.1) is 30.0 Å². The van der Waals surface area contributed by atoms with E-state index in [2.05, 4.69) is 5.10 Å². The van der Waals surface area contributed by atoms with Gasteiger partial charge >= 0.3 is 5.97 Å². The van der Waals surface area contributed by atoms with Crippen LogP contribution in [0.25, 0.3) is 5.69 Å². The topological polar surface area (TPSA) is 64.4 Å². The number of aromatic nitrogens is 2. The van der Waals surface area contributed by atoms with E-state index in [9.17, 15) is 9.59 Å². The number of nitrogens with zero attached hydrogens (tertiary/aromatic N) is 3. The molecule has 0 N–H and O–H groups in total. The Morgan fingerprint density at radius 3 is 2.76 bits per heavy atom. The summed E-state index contributed by atoms with van der Waals surface area (Å²) in [6.45, 7) is 3.28. The molecule has 2 aromatic rings. The number of carbonyl (C=O) groups is 2. The number of likely N-dealkylation sites (tertiary alicyclic amines) is 1. The predicted octanol–water partition coefficient (Wildman–Crippen LogP) is 2.94. The molecule has 6 nitrogen and oxygen atoms in total. The van der Waals surface area contributed by atoms with Crippen LogP contribution in [0.5, 0.6) is 0 Å². The van der Waals surface area contributed by atoms with Gasteiger partial charge in [-0.05, 0) is 38.0 Å². The molecular weight excluding hydrogens is 342 g/mol. The van der Waals surface area contributed by atoms with Crippen molar-refractivity contribution in [2.75, 3.05) is 19.7 Å². The maximum absolute atomic E-state index is 12.6. The van der Waals surface area contributed by atoms with Gasteiger partial charge in [0.1, 0.15) is 0 Å². The average Bonchev–Trinajstić information content (AvgIpc) is 3.11. The largest absolute Gasteiger partial charge is 0.466 e. The minimum absolute atomic E-state index is 0.0735. The number of piperidine rings is 1. The molecule has 0 atom stereocenters. The molecule has 0 aliphatic carbocycles. The molecule has 1 aliphatic rings. The van der Waals surface area contributed by atoms with E-state index in [0.717, 1.165) is 5.69 Å². The molecule has 7 heteroatoms. The smallest absolute Gasteiger partial charge is 0.309 e. The molecule has 1 amide bonds. The first-order valence-electron chi connectivity index (χ1n) is 8.35. The number of halogens is 1. The van der Waals surface area contributed by atoms with E-state index in [1.54, 1.807) is 41.0 Å². The lowest BCUT2D eigenvalue weighted by atomic mass is 9.96. The maximum Gasteiger partial charge on any atom is 0.309 e. The lowest BCUT2D eigenvalue weighted by molar-refractivity contribution is -0.149. The first kappa shape index (κ1) is 17.5. The number of hydrogen-bond donors (Lipinski definition) is 0. The van der Waals surface area contributed by atoms with Crippen LogP contribution in [0.1, 0.15) is 30.1 Å². The van der Waals surface area contributed by atoms with Gasteiger partial charge in [-0.3, -0.25) is 9.59 Å². The second-order valence-electron chi connectivity index (χ2n) is 5.97. The Morgan fingerprint density at radius 2 is 2.08 bits per heavy atom. The molecule has 1 saturated heterocycles. The van der Waals surface area contributed by atoms with Crippen molar-refractivity contribution in [2.24, 2.45) is 5.92 Å². The van der Waals surface area contributed by atoms with Crippen molar-refractivity contribution in [2.45, 2.75) is 19.8 Å². The highest BCUT2D eigenvalue weighted by Crippen LogP contribution is 2.21. The monoisotopic (exact) mass is 361 g/mol. The Morgan fingerprint density at radius 1 is 1.32 bits per heavy atom. The fourth-order valence-electron chi connectivity index (χ4n) is 2.95. The van der Waals surface area contributed by atoms with Gasteiger partial charge in [0.2, 0.25) is 0 Å². The van der Waals surface area contributed by atoms with Crippen LogP contribution in [0.2, 0.25) is 5.02 Å². The molecule has 1 fully saturated rings. The van der Waals surface area contributed by atoms with Crippen LogP contribution < -0.4 is 0 Å². The highest BCUT2D eigenvalue weighted by molar-refractivity contribution is 6.30. The number of rotatable bonds is 4. The zero-order valence-electron chi connectivity index (χ0n) is 14.0. The van der Waals surface area contributed by atoms with Crippen molar-refractivity contribution in [1.82, 2.24) is 14.7 Å². The molecule has 0 bridgehead atoms. The van der Waals surface area contributed by atoms with Crippen LogP contribution in [-0.2, 0) is 9.53 Å². The minimum atomic E-state index is -0.164. The van der Waals surface area contributed by atoms with E-state index in [0.29, 0.717) is 43.1 Å². The highest BCUT2D eigenvalue weighted by atomic mass is 35.5. The molecule has 3 rings (SSSR count). The van der Waals surface area contributed by atoms with Gasteiger partial charge in [0.25, 0.3) is 5.91 Å². The second-order valence-corrected chi connectivity index (χ2v) is 6.41. The molecule has 2 heterocycles. The number of benzene rings is 1. The van der Waals surface area contributed by atoms with Gasteiger partial charge < -0.3 is 9.64 Å². The van der Waals surface area contributed by atoms with Crippen molar-refractivity contribution >= 4 is 23.5 Å². The molecule has 0 spiro atoms. The van der Waals surface area contributed by atoms with Gasteiger partial charge in [-0.25, -0.2) is 4.68 Å². The van der Waals surface area contributed by atoms with Crippen LogP contribution in [-0.4, -0.2) is 46.3 Å². The fourth-order valence-corrected chi connectivity index (χ4v) is 3.14. The summed E-state index contributed by atoms with van der Waals surface area (Å²) >= 11 is 5.99. The third-order valence-electron chi connectivity index (χ3n) is 4.30. The normalized spacial score (nSPS) is 15.2. The zero-order valence-corrected chi connectivity index (χ0v) is 14.8. The SMILES string of the molecule is CCOC(=O)C1CCN(C(=O)c2cnn(-c3cccc(Cl)c3)c2)CC1. The quantitative estimate of drug-likeness (QED) is 0.785. The van der Waals surface area contributed by atoms with Crippen LogP contribution in [0, 0.1) is 5.92 Å². The van der Waals surface area contributed by atoms with E-state index in [-0.39, 0.29) is 17.8 Å². The van der Waals surface area contributed by atoms with Crippen molar-refractivity contribution in [3.8, 4) is 5.69 Å². The molecule has 0 saturated carbocycles. The molecule has 25 heavy (non-hydrogen) atoms. The minimum Gasteiger partial charge on any atom is -0.466 e. The molecular formula is C18H20ClN3O3. The summed E-state index contributed by atoms with van der Waals surface area (Å²) in [5.74, 6) is -0.350. The molecule has 1 aromatic carbocycles. The first-order valence-corrected chi connectivity index (χ1v) is 8.73. The summed E-state index contributed by atoms with van der Waals surface area (Å²) in [5.41, 5.74) is 1.32. The summed E-state index contributed by atoms with van der Waals surface area (Å²) < 4.78 is 6.69. The molecule has 132 valence electrons. The summed E-state index contributed by atoms with van der Waals surface area (Å²) in [6, 6.07) is 7.28. The summed E-state index contributed by atoms with van der Waals surface area (Å²) in [4.78, 5) is 26.2. The third-order valence-corrected chi connectivity index (χ3v) is 4.54.